The minimum absolute atomic E-state index is 0.120. The SMILES string of the molecule is CCc1ccc2ccccc2c1CN1CCC(CS(N)(=O)=O)CC1. The first-order valence-corrected chi connectivity index (χ1v) is 10.4. The van der Waals surface area contributed by atoms with Crippen LogP contribution < -0.4 is 5.14 Å². The Hall–Kier alpha value is -1.43. The molecule has 0 spiro atoms. The van der Waals surface area contributed by atoms with Crippen LogP contribution in [0.4, 0.5) is 0 Å². The molecule has 1 aliphatic heterocycles. The number of rotatable bonds is 5. The summed E-state index contributed by atoms with van der Waals surface area (Å²) >= 11 is 0. The van der Waals surface area contributed by atoms with Crippen molar-refractivity contribution in [1.29, 1.82) is 0 Å². The molecule has 1 heterocycles. The molecular formula is C19H26N2O2S. The van der Waals surface area contributed by atoms with E-state index in [4.69, 9.17) is 5.14 Å². The molecule has 2 N–H and O–H groups in total. The molecule has 1 saturated heterocycles. The normalized spacial score (nSPS) is 17.4. The molecule has 3 rings (SSSR count). The van der Waals surface area contributed by atoms with Crippen LogP contribution >= 0.6 is 0 Å². The largest absolute Gasteiger partial charge is 0.299 e. The van der Waals surface area contributed by atoms with Crippen LogP contribution in [0.5, 0.6) is 0 Å². The number of hydrogen-bond acceptors (Lipinski definition) is 3. The molecule has 0 aromatic heterocycles. The van der Waals surface area contributed by atoms with Crippen molar-refractivity contribution >= 4 is 20.8 Å². The number of nitrogens with zero attached hydrogens (tertiary/aromatic N) is 1. The van der Waals surface area contributed by atoms with E-state index >= 15 is 0 Å². The zero-order chi connectivity index (χ0) is 17.2. The Labute approximate surface area is 144 Å². The molecule has 0 bridgehead atoms. The molecule has 1 aliphatic rings. The van der Waals surface area contributed by atoms with Gasteiger partial charge in [-0.05, 0) is 60.2 Å². The van der Waals surface area contributed by atoms with Gasteiger partial charge in [-0.3, -0.25) is 4.90 Å². The minimum Gasteiger partial charge on any atom is -0.299 e. The van der Waals surface area contributed by atoms with Crippen LogP contribution in [0.3, 0.4) is 0 Å². The lowest BCUT2D eigenvalue weighted by Crippen LogP contribution is -2.36. The zero-order valence-corrected chi connectivity index (χ0v) is 15.1. The Morgan fingerprint density at radius 1 is 1.12 bits per heavy atom. The Morgan fingerprint density at radius 3 is 2.50 bits per heavy atom. The molecule has 130 valence electrons. The fourth-order valence-electron chi connectivity index (χ4n) is 3.76. The van der Waals surface area contributed by atoms with Gasteiger partial charge in [-0.25, -0.2) is 13.6 Å². The van der Waals surface area contributed by atoms with E-state index in [0.29, 0.717) is 0 Å². The number of primary sulfonamides is 1. The van der Waals surface area contributed by atoms with Gasteiger partial charge in [0.2, 0.25) is 10.0 Å². The number of piperidine rings is 1. The van der Waals surface area contributed by atoms with Crippen molar-refractivity contribution in [3.8, 4) is 0 Å². The topological polar surface area (TPSA) is 63.4 Å². The van der Waals surface area contributed by atoms with Crippen LogP contribution in [0.25, 0.3) is 10.8 Å². The lowest BCUT2D eigenvalue weighted by Gasteiger charge is -2.32. The summed E-state index contributed by atoms with van der Waals surface area (Å²) in [5.41, 5.74) is 2.82. The summed E-state index contributed by atoms with van der Waals surface area (Å²) in [6.07, 6.45) is 2.84. The zero-order valence-electron chi connectivity index (χ0n) is 14.2. The average Bonchev–Trinajstić information content (AvgIpc) is 2.55. The number of aryl methyl sites for hydroxylation is 1. The van der Waals surface area contributed by atoms with Gasteiger partial charge >= 0.3 is 0 Å². The maximum Gasteiger partial charge on any atom is 0.209 e. The molecule has 4 nitrogen and oxygen atoms in total. The van der Waals surface area contributed by atoms with Gasteiger partial charge in [0.15, 0.2) is 0 Å². The summed E-state index contributed by atoms with van der Waals surface area (Å²) in [5, 5.41) is 7.81. The van der Waals surface area contributed by atoms with Crippen molar-refractivity contribution in [1.82, 2.24) is 4.90 Å². The highest BCUT2D eigenvalue weighted by molar-refractivity contribution is 7.89. The van der Waals surface area contributed by atoms with Crippen molar-refractivity contribution in [2.75, 3.05) is 18.8 Å². The lowest BCUT2D eigenvalue weighted by atomic mass is 9.94. The number of benzene rings is 2. The molecule has 2 aromatic carbocycles. The van der Waals surface area contributed by atoms with Crippen molar-refractivity contribution < 1.29 is 8.42 Å². The second kappa shape index (κ2) is 7.21. The summed E-state index contributed by atoms with van der Waals surface area (Å²) < 4.78 is 22.5. The molecular weight excluding hydrogens is 320 g/mol. The first kappa shape index (κ1) is 17.4. The third kappa shape index (κ3) is 4.15. The van der Waals surface area contributed by atoms with Gasteiger partial charge in [0.25, 0.3) is 0 Å². The monoisotopic (exact) mass is 346 g/mol. The molecule has 0 radical (unpaired) electrons. The molecule has 5 heteroatoms. The number of sulfonamides is 1. The summed E-state index contributed by atoms with van der Waals surface area (Å²) in [4.78, 5) is 2.45. The third-order valence-corrected chi connectivity index (χ3v) is 6.01. The van der Waals surface area contributed by atoms with E-state index in [9.17, 15) is 8.42 Å². The Kier molecular flexibility index (Phi) is 5.23. The highest BCUT2D eigenvalue weighted by atomic mass is 32.2. The third-order valence-electron chi connectivity index (χ3n) is 5.08. The summed E-state index contributed by atoms with van der Waals surface area (Å²) in [7, 11) is -3.36. The molecule has 0 saturated carbocycles. The summed E-state index contributed by atoms with van der Waals surface area (Å²) in [6, 6.07) is 13.0. The highest BCUT2D eigenvalue weighted by Gasteiger charge is 2.23. The van der Waals surface area contributed by atoms with Gasteiger partial charge in [-0.1, -0.05) is 43.3 Å². The molecule has 24 heavy (non-hydrogen) atoms. The highest BCUT2D eigenvalue weighted by Crippen LogP contribution is 2.27. The Morgan fingerprint density at radius 2 is 1.83 bits per heavy atom. The van der Waals surface area contributed by atoms with E-state index in [1.807, 2.05) is 0 Å². The second-order valence-electron chi connectivity index (χ2n) is 6.83. The first-order chi connectivity index (χ1) is 11.5. The average molecular weight is 346 g/mol. The number of hydrogen-bond donors (Lipinski definition) is 1. The van der Waals surface area contributed by atoms with Gasteiger partial charge in [0, 0.05) is 6.54 Å². The van der Waals surface area contributed by atoms with Crippen molar-refractivity contribution in [2.45, 2.75) is 32.7 Å². The maximum atomic E-state index is 11.3. The number of fused-ring (bicyclic) bond motifs is 1. The van der Waals surface area contributed by atoms with Gasteiger partial charge < -0.3 is 0 Å². The van der Waals surface area contributed by atoms with Crippen LogP contribution in [-0.4, -0.2) is 32.2 Å². The Bertz CT molecular complexity index is 809. The minimum atomic E-state index is -3.36. The van der Waals surface area contributed by atoms with Crippen LogP contribution in [0.1, 0.15) is 30.9 Å². The van der Waals surface area contributed by atoms with Crippen LogP contribution in [0.2, 0.25) is 0 Å². The smallest absolute Gasteiger partial charge is 0.209 e. The van der Waals surface area contributed by atoms with Crippen molar-refractivity contribution in [3.05, 3.63) is 47.5 Å². The van der Waals surface area contributed by atoms with E-state index < -0.39 is 10.0 Å². The van der Waals surface area contributed by atoms with Crippen LogP contribution in [0, 0.1) is 5.92 Å². The van der Waals surface area contributed by atoms with E-state index in [2.05, 4.69) is 48.2 Å². The predicted molar refractivity (Wildman–Crippen MR) is 99.3 cm³/mol. The lowest BCUT2D eigenvalue weighted by molar-refractivity contribution is 0.186. The van der Waals surface area contributed by atoms with Gasteiger partial charge in [0.1, 0.15) is 0 Å². The standard InChI is InChI=1S/C19H26N2O2S/c1-2-16-7-8-17-5-3-4-6-18(17)19(16)13-21-11-9-15(10-12-21)14-24(20,22)23/h3-8,15H,2,9-14H2,1H3,(H2,20,22,23). The molecule has 0 atom stereocenters. The van der Waals surface area contributed by atoms with Gasteiger partial charge in [-0.15, -0.1) is 0 Å². The van der Waals surface area contributed by atoms with E-state index in [0.717, 1.165) is 38.9 Å². The van der Waals surface area contributed by atoms with E-state index in [-0.39, 0.29) is 11.7 Å². The van der Waals surface area contributed by atoms with E-state index in [1.54, 1.807) is 0 Å². The molecule has 0 unspecified atom stereocenters. The fourth-order valence-corrected chi connectivity index (χ4v) is 4.75. The maximum absolute atomic E-state index is 11.3. The molecule has 2 aromatic rings. The molecule has 1 fully saturated rings. The summed E-state index contributed by atoms with van der Waals surface area (Å²) in [5.74, 6) is 0.324. The predicted octanol–water partition coefficient (Wildman–Crippen LogP) is 2.90. The van der Waals surface area contributed by atoms with Crippen LogP contribution in [0.15, 0.2) is 36.4 Å². The van der Waals surface area contributed by atoms with Crippen LogP contribution in [-0.2, 0) is 23.0 Å². The molecule has 0 aliphatic carbocycles. The Balaban J connectivity index is 1.74. The van der Waals surface area contributed by atoms with Gasteiger partial charge in [-0.2, -0.15) is 0 Å². The number of nitrogens with two attached hydrogens (primary N) is 1. The summed E-state index contributed by atoms with van der Waals surface area (Å²) in [6.45, 7) is 5.01. The van der Waals surface area contributed by atoms with Gasteiger partial charge in [0.05, 0.1) is 5.75 Å². The first-order valence-electron chi connectivity index (χ1n) is 8.68. The number of likely N-dealkylation sites (tertiary alicyclic amines) is 1. The quantitative estimate of drug-likeness (QED) is 0.905. The van der Waals surface area contributed by atoms with E-state index in [1.165, 1.54) is 21.9 Å². The fraction of sp³-hybridized carbons (Fsp3) is 0.474. The van der Waals surface area contributed by atoms with Crippen molar-refractivity contribution in [2.24, 2.45) is 11.1 Å². The molecule has 0 amide bonds. The second-order valence-corrected chi connectivity index (χ2v) is 8.49. The van der Waals surface area contributed by atoms with Crippen molar-refractivity contribution in [3.63, 3.8) is 0 Å².